The van der Waals surface area contributed by atoms with Gasteiger partial charge in [0.25, 0.3) is 0 Å². The van der Waals surface area contributed by atoms with Gasteiger partial charge in [-0.1, -0.05) is 18.5 Å². The van der Waals surface area contributed by atoms with Gasteiger partial charge in [-0.15, -0.1) is 0 Å². The predicted molar refractivity (Wildman–Crippen MR) is 108 cm³/mol. The van der Waals surface area contributed by atoms with Crippen molar-refractivity contribution in [1.82, 2.24) is 4.98 Å². The van der Waals surface area contributed by atoms with E-state index in [1.165, 1.54) is 7.11 Å². The lowest BCUT2D eigenvalue weighted by atomic mass is 9.98. The quantitative estimate of drug-likeness (QED) is 0.746. The normalized spacial score (nSPS) is 14.2. The first-order valence-corrected chi connectivity index (χ1v) is 9.44. The van der Waals surface area contributed by atoms with E-state index in [-0.39, 0.29) is 6.04 Å². The molecule has 28 heavy (non-hydrogen) atoms. The summed E-state index contributed by atoms with van der Waals surface area (Å²) in [5.74, 6) is 1.83. The zero-order valence-electron chi connectivity index (χ0n) is 16.1. The Morgan fingerprint density at radius 2 is 2.18 bits per heavy atom. The molecular formula is C20H24ClN3O4. The number of halogens is 1. The van der Waals surface area contributed by atoms with Crippen molar-refractivity contribution in [3.8, 4) is 22.6 Å². The number of benzene rings is 1. The summed E-state index contributed by atoms with van der Waals surface area (Å²) in [7, 11) is 1.30. The molecule has 1 amide bonds. The number of aromatic nitrogens is 1. The van der Waals surface area contributed by atoms with Crippen LogP contribution in [0.5, 0.6) is 11.5 Å². The fraction of sp³-hybridized carbons (Fsp3) is 0.400. The van der Waals surface area contributed by atoms with Crippen LogP contribution in [0.15, 0.2) is 24.4 Å². The maximum absolute atomic E-state index is 11.4. The minimum Gasteiger partial charge on any atom is -0.492 e. The summed E-state index contributed by atoms with van der Waals surface area (Å²) in [4.78, 5) is 15.6. The summed E-state index contributed by atoms with van der Waals surface area (Å²) in [5.41, 5.74) is 8.45. The number of carbonyl (C=O) groups is 1. The molecule has 2 heterocycles. The number of pyridine rings is 1. The molecule has 150 valence electrons. The largest absolute Gasteiger partial charge is 0.492 e. The Bertz CT molecular complexity index is 873. The standard InChI is InChI=1S/C20H24ClN3O4/c1-11(6-12(2)22)9-27-16-5-4-14-15-7-17(24-20(25)26-3)23-8-13(15)10-28-19(14)18(16)21/h4-5,7-8,11-12H,6,9-10,22H2,1-3H3,(H,23,24,25). The first-order valence-electron chi connectivity index (χ1n) is 9.07. The molecule has 2 unspecified atom stereocenters. The van der Waals surface area contributed by atoms with Gasteiger partial charge in [-0.05, 0) is 43.0 Å². The lowest BCUT2D eigenvalue weighted by Crippen LogP contribution is -2.21. The van der Waals surface area contributed by atoms with E-state index in [0.717, 1.165) is 23.1 Å². The third-order valence-corrected chi connectivity index (χ3v) is 4.78. The minimum absolute atomic E-state index is 0.124. The van der Waals surface area contributed by atoms with Crippen LogP contribution >= 0.6 is 11.6 Å². The molecule has 0 saturated carbocycles. The van der Waals surface area contributed by atoms with E-state index in [1.807, 2.05) is 19.1 Å². The average molecular weight is 406 g/mol. The van der Waals surface area contributed by atoms with E-state index in [0.29, 0.717) is 41.5 Å². The van der Waals surface area contributed by atoms with Gasteiger partial charge >= 0.3 is 6.09 Å². The smallest absolute Gasteiger partial charge is 0.412 e. The summed E-state index contributed by atoms with van der Waals surface area (Å²) in [6, 6.07) is 5.62. The Morgan fingerprint density at radius 1 is 1.39 bits per heavy atom. The van der Waals surface area contributed by atoms with Crippen molar-refractivity contribution >= 4 is 23.5 Å². The molecule has 1 aliphatic rings. The summed E-state index contributed by atoms with van der Waals surface area (Å²) < 4.78 is 16.4. The van der Waals surface area contributed by atoms with Crippen LogP contribution in [-0.2, 0) is 11.3 Å². The Hall–Kier alpha value is -2.51. The van der Waals surface area contributed by atoms with Crippen molar-refractivity contribution in [3.63, 3.8) is 0 Å². The third-order valence-electron chi connectivity index (χ3n) is 4.42. The second-order valence-electron chi connectivity index (χ2n) is 7.02. The third kappa shape index (κ3) is 4.48. The molecule has 0 fully saturated rings. The lowest BCUT2D eigenvalue weighted by molar-refractivity contribution is 0.187. The second kappa shape index (κ2) is 8.67. The number of carbonyl (C=O) groups excluding carboxylic acids is 1. The van der Waals surface area contributed by atoms with Crippen LogP contribution in [0.25, 0.3) is 11.1 Å². The SMILES string of the molecule is COC(=O)Nc1cc2c(cn1)COc1c-2ccc(OCC(C)CC(C)N)c1Cl. The molecule has 2 aromatic rings. The van der Waals surface area contributed by atoms with Gasteiger partial charge in [0.05, 0.1) is 13.7 Å². The van der Waals surface area contributed by atoms with E-state index >= 15 is 0 Å². The molecule has 3 N–H and O–H groups in total. The second-order valence-corrected chi connectivity index (χ2v) is 7.39. The molecule has 0 radical (unpaired) electrons. The number of anilines is 1. The van der Waals surface area contributed by atoms with Gasteiger partial charge in [-0.2, -0.15) is 0 Å². The van der Waals surface area contributed by atoms with Gasteiger partial charge in [-0.25, -0.2) is 9.78 Å². The molecular weight excluding hydrogens is 382 g/mol. The molecule has 2 atom stereocenters. The maximum Gasteiger partial charge on any atom is 0.412 e. The van der Waals surface area contributed by atoms with Crippen molar-refractivity contribution in [3.05, 3.63) is 35.0 Å². The lowest BCUT2D eigenvalue weighted by Gasteiger charge is -2.23. The van der Waals surface area contributed by atoms with Crippen LogP contribution in [-0.4, -0.2) is 30.8 Å². The first-order chi connectivity index (χ1) is 13.4. The van der Waals surface area contributed by atoms with Gasteiger partial charge < -0.3 is 19.9 Å². The average Bonchev–Trinajstić information content (AvgIpc) is 2.66. The zero-order chi connectivity index (χ0) is 20.3. The van der Waals surface area contributed by atoms with Crippen molar-refractivity contribution in [2.45, 2.75) is 32.9 Å². The monoisotopic (exact) mass is 405 g/mol. The number of fused-ring (bicyclic) bond motifs is 3. The van der Waals surface area contributed by atoms with Gasteiger partial charge in [0.15, 0.2) is 0 Å². The fourth-order valence-electron chi connectivity index (χ4n) is 3.16. The summed E-state index contributed by atoms with van der Waals surface area (Å²) >= 11 is 6.55. The van der Waals surface area contributed by atoms with Crippen LogP contribution < -0.4 is 20.5 Å². The van der Waals surface area contributed by atoms with Crippen LogP contribution in [0, 0.1) is 5.92 Å². The summed E-state index contributed by atoms with van der Waals surface area (Å²) in [6.45, 7) is 4.92. The van der Waals surface area contributed by atoms with Gasteiger partial charge in [0, 0.05) is 23.4 Å². The van der Waals surface area contributed by atoms with Crippen molar-refractivity contribution in [1.29, 1.82) is 0 Å². The summed E-state index contributed by atoms with van der Waals surface area (Å²) in [6.07, 6.45) is 1.95. The zero-order valence-corrected chi connectivity index (χ0v) is 16.9. The Kier molecular flexibility index (Phi) is 6.26. The molecule has 0 saturated heterocycles. The molecule has 8 heteroatoms. The topological polar surface area (TPSA) is 95.7 Å². The number of nitrogens with one attached hydrogen (secondary N) is 1. The van der Waals surface area contributed by atoms with Crippen LogP contribution in [0.2, 0.25) is 5.02 Å². The van der Waals surface area contributed by atoms with Crippen LogP contribution in [0.4, 0.5) is 10.6 Å². The molecule has 1 aromatic carbocycles. The Morgan fingerprint density at radius 3 is 2.89 bits per heavy atom. The first kappa shape index (κ1) is 20.2. The molecule has 0 aliphatic carbocycles. The maximum atomic E-state index is 11.4. The molecule has 7 nitrogen and oxygen atoms in total. The van der Waals surface area contributed by atoms with E-state index in [1.54, 1.807) is 12.3 Å². The van der Waals surface area contributed by atoms with E-state index in [9.17, 15) is 4.79 Å². The number of nitrogens with two attached hydrogens (primary N) is 1. The Balaban J connectivity index is 1.84. The number of methoxy groups -OCH3 is 1. The number of nitrogens with zero attached hydrogens (tertiary/aromatic N) is 1. The van der Waals surface area contributed by atoms with Gasteiger partial charge in [0.1, 0.15) is 28.9 Å². The molecule has 3 rings (SSSR count). The molecule has 1 aromatic heterocycles. The predicted octanol–water partition coefficient (Wildman–Crippen LogP) is 4.22. The minimum atomic E-state index is -0.581. The van der Waals surface area contributed by atoms with Crippen molar-refractivity contribution < 1.29 is 19.0 Å². The number of ether oxygens (including phenoxy) is 3. The highest BCUT2D eigenvalue weighted by Gasteiger charge is 2.23. The van der Waals surface area contributed by atoms with Crippen LogP contribution in [0.1, 0.15) is 25.8 Å². The highest BCUT2D eigenvalue weighted by Crippen LogP contribution is 2.46. The molecule has 0 spiro atoms. The number of rotatable bonds is 6. The molecule has 0 bridgehead atoms. The van der Waals surface area contributed by atoms with Gasteiger partial charge in [0.2, 0.25) is 0 Å². The summed E-state index contributed by atoms with van der Waals surface area (Å²) in [5, 5.41) is 2.99. The highest BCUT2D eigenvalue weighted by atomic mass is 35.5. The van der Waals surface area contributed by atoms with Crippen molar-refractivity contribution in [2.24, 2.45) is 11.7 Å². The number of hydrogen-bond acceptors (Lipinski definition) is 6. The van der Waals surface area contributed by atoms with E-state index < -0.39 is 6.09 Å². The number of hydrogen-bond donors (Lipinski definition) is 2. The van der Waals surface area contributed by atoms with Crippen molar-refractivity contribution in [2.75, 3.05) is 19.0 Å². The Labute approximate surface area is 169 Å². The highest BCUT2D eigenvalue weighted by molar-refractivity contribution is 6.34. The van der Waals surface area contributed by atoms with E-state index in [4.69, 9.17) is 26.8 Å². The fourth-order valence-corrected chi connectivity index (χ4v) is 3.43. The van der Waals surface area contributed by atoms with Crippen LogP contribution in [0.3, 0.4) is 0 Å². The molecule has 1 aliphatic heterocycles. The number of amides is 1. The van der Waals surface area contributed by atoms with Gasteiger partial charge in [-0.3, -0.25) is 5.32 Å². The van der Waals surface area contributed by atoms with E-state index in [2.05, 4.69) is 22.0 Å².